The molecule has 1 fully saturated rings. The molecule has 0 radical (unpaired) electrons. The number of likely N-dealkylation sites (N-methyl/N-ethyl adjacent to an activating group) is 1. The zero-order chi connectivity index (χ0) is 14.1. The molecular weight excluding hydrogens is 258 g/mol. The third-order valence-corrected chi connectivity index (χ3v) is 3.99. The number of ether oxygens (including phenoxy) is 1. The maximum absolute atomic E-state index is 5.82. The van der Waals surface area contributed by atoms with Crippen molar-refractivity contribution in [2.24, 2.45) is 5.92 Å². The summed E-state index contributed by atoms with van der Waals surface area (Å²) in [7, 11) is 2.19. The molecule has 1 saturated heterocycles. The summed E-state index contributed by atoms with van der Waals surface area (Å²) >= 11 is 1.88. The van der Waals surface area contributed by atoms with Gasteiger partial charge >= 0.3 is 0 Å². The van der Waals surface area contributed by atoms with Crippen molar-refractivity contribution in [2.45, 2.75) is 20.0 Å². The topological polar surface area (TPSA) is 27.7 Å². The fraction of sp³-hybridized carbons (Fsp3) is 1.00. The molecule has 4 nitrogen and oxygen atoms in total. The molecule has 1 aliphatic rings. The van der Waals surface area contributed by atoms with Crippen molar-refractivity contribution < 1.29 is 4.74 Å². The van der Waals surface area contributed by atoms with Gasteiger partial charge in [0.2, 0.25) is 0 Å². The highest BCUT2D eigenvalue weighted by Crippen LogP contribution is 2.05. The Morgan fingerprint density at radius 3 is 2.95 bits per heavy atom. The van der Waals surface area contributed by atoms with E-state index in [4.69, 9.17) is 4.74 Å². The van der Waals surface area contributed by atoms with Crippen LogP contribution < -0.4 is 5.32 Å². The lowest BCUT2D eigenvalue weighted by Gasteiger charge is -2.34. The van der Waals surface area contributed by atoms with Crippen LogP contribution in [0.5, 0.6) is 0 Å². The van der Waals surface area contributed by atoms with E-state index in [1.54, 1.807) is 0 Å². The van der Waals surface area contributed by atoms with Crippen molar-refractivity contribution in [3.8, 4) is 0 Å². The maximum Gasteiger partial charge on any atom is 0.0826 e. The molecule has 0 bridgehead atoms. The largest absolute Gasteiger partial charge is 0.374 e. The van der Waals surface area contributed by atoms with Gasteiger partial charge in [-0.25, -0.2) is 0 Å². The van der Waals surface area contributed by atoms with E-state index in [0.29, 0.717) is 12.0 Å². The van der Waals surface area contributed by atoms with E-state index in [1.807, 2.05) is 11.8 Å². The molecule has 0 spiro atoms. The fourth-order valence-electron chi connectivity index (χ4n) is 2.24. The molecule has 5 heteroatoms. The summed E-state index contributed by atoms with van der Waals surface area (Å²) in [5.74, 6) is 1.82. The van der Waals surface area contributed by atoms with Gasteiger partial charge in [-0.15, -0.1) is 11.8 Å². The average Bonchev–Trinajstić information content (AvgIpc) is 2.37. The number of rotatable bonds is 9. The summed E-state index contributed by atoms with van der Waals surface area (Å²) in [4.78, 5) is 4.91. The standard InChI is InChI=1S/C14H31N3OS/c1-13(2)9-15-10-14-11-17(7-8-18-14)6-5-16(3)12-19-4/h13-15H,5-12H2,1-4H3/t14-/m0/s1. The summed E-state index contributed by atoms with van der Waals surface area (Å²) in [5, 5.41) is 3.49. The van der Waals surface area contributed by atoms with Crippen molar-refractivity contribution in [1.82, 2.24) is 15.1 Å². The number of thioether (sulfide) groups is 1. The van der Waals surface area contributed by atoms with Crippen molar-refractivity contribution in [1.29, 1.82) is 0 Å². The molecule has 1 rings (SSSR count). The van der Waals surface area contributed by atoms with Gasteiger partial charge in [0, 0.05) is 38.6 Å². The van der Waals surface area contributed by atoms with Gasteiger partial charge in [-0.1, -0.05) is 13.8 Å². The van der Waals surface area contributed by atoms with Gasteiger partial charge in [-0.3, -0.25) is 9.80 Å². The molecule has 0 saturated carbocycles. The number of hydrogen-bond donors (Lipinski definition) is 1. The second-order valence-electron chi connectivity index (χ2n) is 5.84. The summed E-state index contributed by atoms with van der Waals surface area (Å²) in [6.07, 6.45) is 2.51. The second-order valence-corrected chi connectivity index (χ2v) is 6.68. The van der Waals surface area contributed by atoms with Gasteiger partial charge in [0.15, 0.2) is 0 Å². The first-order valence-corrected chi connectivity index (χ1v) is 8.73. The third-order valence-electron chi connectivity index (χ3n) is 3.29. The monoisotopic (exact) mass is 289 g/mol. The molecular formula is C14H31N3OS. The first-order valence-electron chi connectivity index (χ1n) is 7.34. The van der Waals surface area contributed by atoms with E-state index in [2.05, 4.69) is 42.3 Å². The fourth-order valence-corrected chi connectivity index (χ4v) is 2.81. The molecule has 0 unspecified atom stereocenters. The summed E-state index contributed by atoms with van der Waals surface area (Å²) < 4.78 is 5.82. The quantitative estimate of drug-likeness (QED) is 0.644. The number of nitrogens with one attached hydrogen (secondary N) is 1. The minimum atomic E-state index is 0.360. The lowest BCUT2D eigenvalue weighted by molar-refractivity contribution is -0.0285. The van der Waals surface area contributed by atoms with Crippen LogP contribution in [0.4, 0.5) is 0 Å². The molecule has 1 aliphatic heterocycles. The molecule has 0 aromatic heterocycles. The van der Waals surface area contributed by atoms with Crippen LogP contribution >= 0.6 is 11.8 Å². The van der Waals surface area contributed by atoms with Crippen LogP contribution in [0.15, 0.2) is 0 Å². The normalized spacial score (nSPS) is 21.5. The Morgan fingerprint density at radius 1 is 1.47 bits per heavy atom. The average molecular weight is 289 g/mol. The number of hydrogen-bond acceptors (Lipinski definition) is 5. The first kappa shape index (κ1) is 17.2. The lowest BCUT2D eigenvalue weighted by atomic mass is 10.2. The minimum Gasteiger partial charge on any atom is -0.374 e. The molecule has 19 heavy (non-hydrogen) atoms. The predicted molar refractivity (Wildman–Crippen MR) is 84.9 cm³/mol. The highest BCUT2D eigenvalue weighted by molar-refractivity contribution is 7.98. The maximum atomic E-state index is 5.82. The molecule has 1 atom stereocenters. The van der Waals surface area contributed by atoms with E-state index >= 15 is 0 Å². The van der Waals surface area contributed by atoms with Gasteiger partial charge in [-0.05, 0) is 25.8 Å². The van der Waals surface area contributed by atoms with Crippen LogP contribution in [0.1, 0.15) is 13.8 Å². The third kappa shape index (κ3) is 8.15. The smallest absolute Gasteiger partial charge is 0.0826 e. The number of morpholine rings is 1. The van der Waals surface area contributed by atoms with Gasteiger partial charge < -0.3 is 10.1 Å². The minimum absolute atomic E-state index is 0.360. The summed E-state index contributed by atoms with van der Waals surface area (Å²) in [6.45, 7) is 11.9. The summed E-state index contributed by atoms with van der Waals surface area (Å²) in [6, 6.07) is 0. The van der Waals surface area contributed by atoms with E-state index in [-0.39, 0.29) is 0 Å². The molecule has 0 amide bonds. The van der Waals surface area contributed by atoms with Crippen molar-refractivity contribution in [3.05, 3.63) is 0 Å². The van der Waals surface area contributed by atoms with Crippen LogP contribution in [0.2, 0.25) is 0 Å². The Bertz CT molecular complexity index is 229. The SMILES string of the molecule is CSCN(C)CCN1CCO[C@@H](CNCC(C)C)C1. The van der Waals surface area contributed by atoms with Crippen LogP contribution in [-0.2, 0) is 4.74 Å². The van der Waals surface area contributed by atoms with Crippen LogP contribution in [-0.4, -0.2) is 81.0 Å². The number of nitrogens with zero attached hydrogens (tertiary/aromatic N) is 2. The molecule has 1 N–H and O–H groups in total. The Kier molecular flexibility index (Phi) is 9.07. The van der Waals surface area contributed by atoms with Crippen LogP contribution in [0, 0.1) is 5.92 Å². The van der Waals surface area contributed by atoms with Crippen molar-refractivity contribution >= 4 is 11.8 Å². The Labute approximate surface area is 123 Å². The van der Waals surface area contributed by atoms with Crippen LogP contribution in [0.25, 0.3) is 0 Å². The van der Waals surface area contributed by atoms with Gasteiger partial charge in [0.25, 0.3) is 0 Å². The van der Waals surface area contributed by atoms with Crippen molar-refractivity contribution in [3.63, 3.8) is 0 Å². The lowest BCUT2D eigenvalue weighted by Crippen LogP contribution is -2.48. The molecule has 0 aromatic rings. The van der Waals surface area contributed by atoms with E-state index < -0.39 is 0 Å². The van der Waals surface area contributed by atoms with Crippen molar-refractivity contribution in [2.75, 3.05) is 65.1 Å². The van der Waals surface area contributed by atoms with E-state index in [9.17, 15) is 0 Å². The zero-order valence-electron chi connectivity index (χ0n) is 13.0. The summed E-state index contributed by atoms with van der Waals surface area (Å²) in [5.41, 5.74) is 0. The predicted octanol–water partition coefficient (Wildman–Crippen LogP) is 1.19. The highest BCUT2D eigenvalue weighted by atomic mass is 32.2. The second kappa shape index (κ2) is 10.00. The van der Waals surface area contributed by atoms with Gasteiger partial charge in [0.1, 0.15) is 0 Å². The Hall–Kier alpha value is 0.190. The van der Waals surface area contributed by atoms with E-state index in [0.717, 1.165) is 51.8 Å². The molecule has 114 valence electrons. The van der Waals surface area contributed by atoms with E-state index in [1.165, 1.54) is 0 Å². The molecule has 0 aliphatic carbocycles. The first-order chi connectivity index (χ1) is 9.11. The highest BCUT2D eigenvalue weighted by Gasteiger charge is 2.20. The molecule has 0 aromatic carbocycles. The molecule has 1 heterocycles. The Balaban J connectivity index is 2.15. The van der Waals surface area contributed by atoms with Crippen LogP contribution in [0.3, 0.4) is 0 Å². The zero-order valence-corrected chi connectivity index (χ0v) is 13.8. The van der Waals surface area contributed by atoms with Gasteiger partial charge in [0.05, 0.1) is 12.7 Å². The van der Waals surface area contributed by atoms with Gasteiger partial charge in [-0.2, -0.15) is 0 Å². The Morgan fingerprint density at radius 2 is 2.26 bits per heavy atom.